The zero-order valence-corrected chi connectivity index (χ0v) is 12.3. The van der Waals surface area contributed by atoms with Gasteiger partial charge in [0.25, 0.3) is 0 Å². The monoisotopic (exact) mass is 269 g/mol. The minimum absolute atomic E-state index is 0.317. The fourth-order valence-corrected chi connectivity index (χ4v) is 3.08. The molecule has 0 saturated heterocycles. The summed E-state index contributed by atoms with van der Waals surface area (Å²) in [5.41, 5.74) is 0. The number of benzene rings is 1. The summed E-state index contributed by atoms with van der Waals surface area (Å²) in [6.45, 7) is 5.24. The molecule has 1 aromatic rings. The summed E-state index contributed by atoms with van der Waals surface area (Å²) in [6, 6.07) is 7.81. The van der Waals surface area contributed by atoms with Crippen LogP contribution in [0.5, 0.6) is 5.75 Å². The second-order valence-corrected chi connectivity index (χ2v) is 5.75. The zero-order valence-electron chi connectivity index (χ0n) is 11.4. The van der Waals surface area contributed by atoms with Crippen molar-refractivity contribution in [2.24, 2.45) is 0 Å². The highest BCUT2D eigenvalue weighted by molar-refractivity contribution is 7.85. The van der Waals surface area contributed by atoms with Crippen molar-refractivity contribution < 1.29 is 8.95 Å². The molecule has 18 heavy (non-hydrogen) atoms. The highest BCUT2D eigenvalue weighted by Crippen LogP contribution is 2.16. The minimum atomic E-state index is -0.971. The van der Waals surface area contributed by atoms with E-state index in [0.717, 1.165) is 30.0 Å². The average Bonchev–Trinajstić information content (AvgIpc) is 2.43. The minimum Gasteiger partial charge on any atom is -0.497 e. The lowest BCUT2D eigenvalue weighted by molar-refractivity contribution is 0.413. The van der Waals surface area contributed by atoms with Crippen molar-refractivity contribution in [2.75, 3.05) is 19.4 Å². The molecule has 0 spiro atoms. The molecule has 0 bridgehead atoms. The van der Waals surface area contributed by atoms with E-state index in [1.807, 2.05) is 24.3 Å². The second kappa shape index (κ2) is 8.27. The topological polar surface area (TPSA) is 38.3 Å². The van der Waals surface area contributed by atoms with Crippen LogP contribution >= 0.6 is 0 Å². The number of ether oxygens (including phenoxy) is 1. The second-order valence-electron chi connectivity index (χ2n) is 4.25. The normalized spacial score (nSPS) is 14.2. The van der Waals surface area contributed by atoms with Crippen molar-refractivity contribution in [3.8, 4) is 5.75 Å². The summed E-state index contributed by atoms with van der Waals surface area (Å²) < 4.78 is 17.4. The summed E-state index contributed by atoms with van der Waals surface area (Å²) in [7, 11) is 0.653. The predicted octanol–water partition coefficient (Wildman–Crippen LogP) is 2.58. The molecular formula is C14H23NO2S. The Morgan fingerprint density at radius 2 is 2.17 bits per heavy atom. The van der Waals surface area contributed by atoms with Gasteiger partial charge in [-0.25, -0.2) is 0 Å². The maximum absolute atomic E-state index is 12.3. The van der Waals surface area contributed by atoms with Crippen molar-refractivity contribution in [1.29, 1.82) is 0 Å². The molecule has 1 rings (SSSR count). The molecule has 1 aromatic carbocycles. The molecule has 4 heteroatoms. The Kier molecular flexibility index (Phi) is 6.98. The largest absolute Gasteiger partial charge is 0.497 e. The molecule has 3 nitrogen and oxygen atoms in total. The van der Waals surface area contributed by atoms with Crippen LogP contribution in [0.25, 0.3) is 0 Å². The van der Waals surface area contributed by atoms with Crippen LogP contribution in [0.1, 0.15) is 26.7 Å². The van der Waals surface area contributed by atoms with E-state index in [0.29, 0.717) is 11.8 Å². The van der Waals surface area contributed by atoms with E-state index in [4.69, 9.17) is 4.74 Å². The van der Waals surface area contributed by atoms with Gasteiger partial charge < -0.3 is 10.1 Å². The molecule has 0 fully saturated rings. The summed E-state index contributed by atoms with van der Waals surface area (Å²) in [4.78, 5) is 0.839. The quantitative estimate of drug-likeness (QED) is 0.788. The summed E-state index contributed by atoms with van der Waals surface area (Å²) in [6.07, 6.45) is 2.10. The highest BCUT2D eigenvalue weighted by Gasteiger charge is 2.12. The van der Waals surface area contributed by atoms with Crippen LogP contribution in [0.4, 0.5) is 0 Å². The van der Waals surface area contributed by atoms with Crippen LogP contribution in [0.3, 0.4) is 0 Å². The van der Waals surface area contributed by atoms with Gasteiger partial charge >= 0.3 is 0 Å². The molecule has 0 heterocycles. The average molecular weight is 269 g/mol. The first-order valence-corrected chi connectivity index (χ1v) is 7.79. The van der Waals surface area contributed by atoms with Gasteiger partial charge in [0.1, 0.15) is 5.75 Å². The summed E-state index contributed by atoms with van der Waals surface area (Å²) in [5.74, 6) is 1.42. The maximum atomic E-state index is 12.3. The number of nitrogens with one attached hydrogen (secondary N) is 1. The van der Waals surface area contributed by atoms with Crippen LogP contribution in [0.15, 0.2) is 29.2 Å². The molecule has 0 saturated carbocycles. The number of methoxy groups -OCH3 is 1. The molecular weight excluding hydrogens is 246 g/mol. The Bertz CT molecular complexity index is 382. The first-order chi connectivity index (χ1) is 8.71. The molecule has 2 unspecified atom stereocenters. The number of hydrogen-bond donors (Lipinski definition) is 1. The third-order valence-corrected chi connectivity index (χ3v) is 4.32. The lowest BCUT2D eigenvalue weighted by atomic mass is 10.2. The predicted molar refractivity (Wildman–Crippen MR) is 76.6 cm³/mol. The van der Waals surface area contributed by atoms with Crippen molar-refractivity contribution >= 4 is 10.8 Å². The Morgan fingerprint density at radius 3 is 2.78 bits per heavy atom. The molecule has 0 aliphatic rings. The zero-order chi connectivity index (χ0) is 13.4. The van der Waals surface area contributed by atoms with Crippen molar-refractivity contribution in [2.45, 2.75) is 37.6 Å². The lowest BCUT2D eigenvalue weighted by Crippen LogP contribution is -2.34. The Labute approximate surface area is 112 Å². The first-order valence-electron chi connectivity index (χ1n) is 6.47. The standard InChI is InChI=1S/C14H23NO2S/c1-4-9-15-12(5-2)11-18(16)14-8-6-7-13(10-14)17-3/h6-8,10,12,15H,4-5,9,11H2,1-3H3. The molecule has 102 valence electrons. The van der Waals surface area contributed by atoms with Gasteiger partial charge in [0.2, 0.25) is 0 Å². The molecule has 0 radical (unpaired) electrons. The molecule has 0 aliphatic heterocycles. The van der Waals surface area contributed by atoms with Crippen LogP contribution in [0, 0.1) is 0 Å². The number of hydrogen-bond acceptors (Lipinski definition) is 3. The van der Waals surface area contributed by atoms with Gasteiger partial charge in [-0.2, -0.15) is 0 Å². The molecule has 1 N–H and O–H groups in total. The van der Waals surface area contributed by atoms with Crippen LogP contribution in [0.2, 0.25) is 0 Å². The van der Waals surface area contributed by atoms with Gasteiger partial charge in [0, 0.05) is 16.7 Å². The SMILES string of the molecule is CCCNC(CC)CS(=O)c1cccc(OC)c1. The molecule has 0 amide bonds. The van der Waals surface area contributed by atoms with Gasteiger partial charge in [-0.05, 0) is 37.6 Å². The third kappa shape index (κ3) is 4.78. The van der Waals surface area contributed by atoms with Gasteiger partial charge in [-0.1, -0.05) is 19.9 Å². The number of rotatable bonds is 8. The lowest BCUT2D eigenvalue weighted by Gasteiger charge is -2.16. The smallest absolute Gasteiger partial charge is 0.120 e. The van der Waals surface area contributed by atoms with Crippen LogP contribution < -0.4 is 10.1 Å². The van der Waals surface area contributed by atoms with Crippen molar-refractivity contribution in [3.05, 3.63) is 24.3 Å². The van der Waals surface area contributed by atoms with Gasteiger partial charge in [0.15, 0.2) is 0 Å². The van der Waals surface area contributed by atoms with E-state index in [1.165, 1.54) is 0 Å². The Hall–Kier alpha value is -0.870. The first kappa shape index (κ1) is 15.2. The fraction of sp³-hybridized carbons (Fsp3) is 0.571. The van der Waals surface area contributed by atoms with E-state index in [2.05, 4.69) is 19.2 Å². The fourth-order valence-electron chi connectivity index (χ4n) is 1.69. The van der Waals surface area contributed by atoms with E-state index in [1.54, 1.807) is 7.11 Å². The van der Waals surface area contributed by atoms with E-state index >= 15 is 0 Å². The maximum Gasteiger partial charge on any atom is 0.120 e. The van der Waals surface area contributed by atoms with Gasteiger partial charge in [-0.15, -0.1) is 0 Å². The van der Waals surface area contributed by atoms with E-state index < -0.39 is 10.8 Å². The van der Waals surface area contributed by atoms with Gasteiger partial charge in [0.05, 0.1) is 17.9 Å². The van der Waals surface area contributed by atoms with E-state index in [9.17, 15) is 4.21 Å². The van der Waals surface area contributed by atoms with Crippen LogP contribution in [-0.4, -0.2) is 29.7 Å². The molecule has 0 aliphatic carbocycles. The summed E-state index contributed by atoms with van der Waals surface area (Å²) in [5, 5.41) is 3.42. The molecule has 2 atom stereocenters. The van der Waals surface area contributed by atoms with Crippen molar-refractivity contribution in [1.82, 2.24) is 5.32 Å². The third-order valence-electron chi connectivity index (χ3n) is 2.83. The van der Waals surface area contributed by atoms with Crippen LogP contribution in [-0.2, 0) is 10.8 Å². The highest BCUT2D eigenvalue weighted by atomic mass is 32.2. The van der Waals surface area contributed by atoms with Crippen molar-refractivity contribution in [3.63, 3.8) is 0 Å². The molecule has 0 aromatic heterocycles. The Morgan fingerprint density at radius 1 is 1.39 bits per heavy atom. The van der Waals surface area contributed by atoms with E-state index in [-0.39, 0.29) is 0 Å². The van der Waals surface area contributed by atoms with Gasteiger partial charge in [-0.3, -0.25) is 4.21 Å². The summed E-state index contributed by atoms with van der Waals surface area (Å²) >= 11 is 0. The Balaban J connectivity index is 2.62.